The van der Waals surface area contributed by atoms with E-state index >= 15 is 0 Å². The van der Waals surface area contributed by atoms with Crippen LogP contribution in [0.1, 0.15) is 18.9 Å². The van der Waals surface area contributed by atoms with Crippen LogP contribution in [0.3, 0.4) is 0 Å². The summed E-state index contributed by atoms with van der Waals surface area (Å²) < 4.78 is 23.2. The molecular weight excluding hydrogens is 393 g/mol. The molecule has 0 saturated heterocycles. The van der Waals surface area contributed by atoms with E-state index in [0.717, 1.165) is 35.5 Å². The Morgan fingerprint density at radius 1 is 1.10 bits per heavy atom. The molecule has 160 valence electrons. The summed E-state index contributed by atoms with van der Waals surface area (Å²) in [4.78, 5) is 0. The number of benzene rings is 2. The molecule has 31 heavy (non-hydrogen) atoms. The molecule has 0 aliphatic heterocycles. The Morgan fingerprint density at radius 2 is 1.90 bits per heavy atom. The van der Waals surface area contributed by atoms with Gasteiger partial charge in [0.25, 0.3) is 0 Å². The lowest BCUT2D eigenvalue weighted by atomic mass is 10.1. The monoisotopic (exact) mass is 419 g/mol. The van der Waals surface area contributed by atoms with Gasteiger partial charge in [-0.1, -0.05) is 12.1 Å². The van der Waals surface area contributed by atoms with Crippen molar-refractivity contribution >= 4 is 0 Å². The van der Waals surface area contributed by atoms with E-state index in [-0.39, 0.29) is 11.9 Å². The molecule has 0 bridgehead atoms. The average molecular weight is 420 g/mol. The van der Waals surface area contributed by atoms with Crippen LogP contribution in [0.25, 0.3) is 16.9 Å². The lowest BCUT2D eigenvalue weighted by Crippen LogP contribution is -2.27. The number of hydrogen-bond donors (Lipinski definition) is 1. The fraction of sp³-hybridized carbons (Fsp3) is 0.250. The van der Waals surface area contributed by atoms with E-state index in [2.05, 4.69) is 17.3 Å². The minimum Gasteiger partial charge on any atom is -0.497 e. The molecule has 0 aliphatic carbocycles. The quantitative estimate of drug-likeness (QED) is 0.435. The summed E-state index contributed by atoms with van der Waals surface area (Å²) in [7, 11) is 1.64. The van der Waals surface area contributed by atoms with Gasteiger partial charge in [0.1, 0.15) is 17.3 Å². The highest BCUT2D eigenvalue weighted by Crippen LogP contribution is 2.26. The van der Waals surface area contributed by atoms with Crippen molar-refractivity contribution in [2.75, 3.05) is 7.11 Å². The summed E-state index contributed by atoms with van der Waals surface area (Å²) >= 11 is 0. The number of para-hydroxylation sites is 1. The fourth-order valence-corrected chi connectivity index (χ4v) is 3.44. The highest BCUT2D eigenvalue weighted by molar-refractivity contribution is 5.64. The smallest absolute Gasteiger partial charge is 0.148 e. The molecule has 0 radical (unpaired) electrons. The molecule has 2 heterocycles. The van der Waals surface area contributed by atoms with Crippen LogP contribution in [0, 0.1) is 5.82 Å². The highest BCUT2D eigenvalue weighted by atomic mass is 19.1. The highest BCUT2D eigenvalue weighted by Gasteiger charge is 2.15. The van der Waals surface area contributed by atoms with E-state index in [1.54, 1.807) is 30.1 Å². The number of ether oxygens (including phenoxy) is 1. The lowest BCUT2D eigenvalue weighted by Gasteiger charge is -2.14. The second-order valence-electron chi connectivity index (χ2n) is 7.47. The van der Waals surface area contributed by atoms with Gasteiger partial charge in [-0.25, -0.2) is 9.07 Å². The molecule has 0 unspecified atom stereocenters. The van der Waals surface area contributed by atoms with Gasteiger partial charge in [0.15, 0.2) is 0 Å². The second-order valence-corrected chi connectivity index (χ2v) is 7.47. The number of nitrogens with zero attached hydrogens (tertiary/aromatic N) is 4. The molecule has 4 aromatic rings. The van der Waals surface area contributed by atoms with Crippen molar-refractivity contribution in [1.29, 1.82) is 0 Å². The molecule has 6 nitrogen and oxygen atoms in total. The normalized spacial score (nSPS) is 12.1. The van der Waals surface area contributed by atoms with E-state index < -0.39 is 0 Å². The van der Waals surface area contributed by atoms with E-state index in [1.165, 1.54) is 6.07 Å². The third-order valence-corrected chi connectivity index (χ3v) is 5.24. The number of aromatic nitrogens is 4. The zero-order valence-corrected chi connectivity index (χ0v) is 17.7. The summed E-state index contributed by atoms with van der Waals surface area (Å²) in [6, 6.07) is 16.6. The topological polar surface area (TPSA) is 56.9 Å². The molecule has 0 aliphatic rings. The van der Waals surface area contributed by atoms with Gasteiger partial charge in [-0.2, -0.15) is 10.2 Å². The van der Waals surface area contributed by atoms with Gasteiger partial charge in [0.05, 0.1) is 12.8 Å². The third-order valence-electron chi connectivity index (χ3n) is 5.24. The Kier molecular flexibility index (Phi) is 6.43. The molecule has 1 atom stereocenters. The zero-order valence-electron chi connectivity index (χ0n) is 17.7. The predicted molar refractivity (Wildman–Crippen MR) is 119 cm³/mol. The standard InChI is InChI=1S/C24H26FN5O/c1-18(12-15-29-14-5-13-27-29)26-16-20-17-30(23-7-4-3-6-22(23)25)28-24(20)19-8-10-21(31-2)11-9-19/h3-11,13-14,17-18,26H,12,15-16H2,1-2H3/t18-/m1/s1. The number of aryl methyl sites for hydroxylation is 1. The van der Waals surface area contributed by atoms with Gasteiger partial charge in [0.2, 0.25) is 0 Å². The minimum atomic E-state index is -0.307. The van der Waals surface area contributed by atoms with Crippen LogP contribution in [-0.2, 0) is 13.1 Å². The number of halogens is 1. The molecule has 0 spiro atoms. The summed E-state index contributed by atoms with van der Waals surface area (Å²) in [5.41, 5.74) is 3.20. The second kappa shape index (κ2) is 9.57. The van der Waals surface area contributed by atoms with Crippen molar-refractivity contribution in [3.8, 4) is 22.7 Å². The van der Waals surface area contributed by atoms with Gasteiger partial charge < -0.3 is 10.1 Å². The number of hydrogen-bond acceptors (Lipinski definition) is 4. The lowest BCUT2D eigenvalue weighted by molar-refractivity contribution is 0.415. The van der Waals surface area contributed by atoms with Crippen molar-refractivity contribution in [1.82, 2.24) is 24.9 Å². The van der Waals surface area contributed by atoms with Crippen LogP contribution in [0.2, 0.25) is 0 Å². The van der Waals surface area contributed by atoms with E-state index in [9.17, 15) is 4.39 Å². The van der Waals surface area contributed by atoms with Crippen LogP contribution >= 0.6 is 0 Å². The van der Waals surface area contributed by atoms with E-state index in [0.29, 0.717) is 12.2 Å². The van der Waals surface area contributed by atoms with Gasteiger partial charge in [-0.3, -0.25) is 4.68 Å². The van der Waals surface area contributed by atoms with Gasteiger partial charge in [0, 0.05) is 48.8 Å². The molecular formula is C24H26FN5O. The Hall–Kier alpha value is -3.45. The maximum absolute atomic E-state index is 14.4. The molecule has 4 rings (SSSR count). The van der Waals surface area contributed by atoms with Crippen molar-refractivity contribution in [2.24, 2.45) is 0 Å². The summed E-state index contributed by atoms with van der Waals surface area (Å²) in [6.45, 7) is 3.62. The van der Waals surface area contributed by atoms with Gasteiger partial charge in [-0.15, -0.1) is 0 Å². The van der Waals surface area contributed by atoms with E-state index in [1.807, 2.05) is 53.5 Å². The first kappa shape index (κ1) is 20.8. The van der Waals surface area contributed by atoms with Gasteiger partial charge in [-0.05, 0) is 55.8 Å². The molecule has 1 N–H and O–H groups in total. The summed E-state index contributed by atoms with van der Waals surface area (Å²) in [5, 5.41) is 12.5. The molecule has 0 saturated carbocycles. The summed E-state index contributed by atoms with van der Waals surface area (Å²) in [6.07, 6.45) is 6.59. The van der Waals surface area contributed by atoms with Crippen molar-refractivity contribution in [3.63, 3.8) is 0 Å². The van der Waals surface area contributed by atoms with Crippen LogP contribution in [0.5, 0.6) is 5.75 Å². The first-order chi connectivity index (χ1) is 15.1. The van der Waals surface area contributed by atoms with Crippen LogP contribution < -0.4 is 10.1 Å². The average Bonchev–Trinajstić information content (AvgIpc) is 3.47. The number of rotatable bonds is 9. The van der Waals surface area contributed by atoms with Crippen molar-refractivity contribution < 1.29 is 9.13 Å². The largest absolute Gasteiger partial charge is 0.497 e. The minimum absolute atomic E-state index is 0.282. The van der Waals surface area contributed by atoms with Crippen molar-refractivity contribution in [3.05, 3.63) is 84.6 Å². The maximum Gasteiger partial charge on any atom is 0.148 e. The number of nitrogens with one attached hydrogen (secondary N) is 1. The summed E-state index contributed by atoms with van der Waals surface area (Å²) in [5.74, 6) is 0.475. The van der Waals surface area contributed by atoms with Crippen molar-refractivity contribution in [2.45, 2.75) is 32.5 Å². The molecule has 0 amide bonds. The Bertz CT molecular complexity index is 1110. The van der Waals surface area contributed by atoms with Gasteiger partial charge >= 0.3 is 0 Å². The SMILES string of the molecule is COc1ccc(-c2nn(-c3ccccc3F)cc2CN[C@H](C)CCn2cccn2)cc1. The molecule has 0 fully saturated rings. The first-order valence-electron chi connectivity index (χ1n) is 10.3. The Morgan fingerprint density at radius 3 is 2.61 bits per heavy atom. The zero-order chi connectivity index (χ0) is 21.6. The third kappa shape index (κ3) is 5.00. The van der Waals surface area contributed by atoms with Crippen LogP contribution in [-0.4, -0.2) is 32.7 Å². The maximum atomic E-state index is 14.4. The fourth-order valence-electron chi connectivity index (χ4n) is 3.44. The molecule has 2 aromatic heterocycles. The van der Waals surface area contributed by atoms with Crippen LogP contribution in [0.15, 0.2) is 73.2 Å². The predicted octanol–water partition coefficient (Wildman–Crippen LogP) is 4.45. The molecule has 2 aromatic carbocycles. The van der Waals surface area contributed by atoms with E-state index in [4.69, 9.17) is 9.84 Å². The Labute approximate surface area is 181 Å². The first-order valence-corrected chi connectivity index (χ1v) is 10.3. The van der Waals surface area contributed by atoms with Crippen LogP contribution in [0.4, 0.5) is 4.39 Å². The number of methoxy groups -OCH3 is 1. The molecule has 7 heteroatoms. The Balaban J connectivity index is 1.56.